The van der Waals surface area contributed by atoms with Crippen LogP contribution in [-0.4, -0.2) is 56.4 Å². The Morgan fingerprint density at radius 3 is 2.61 bits per heavy atom. The third-order valence-corrected chi connectivity index (χ3v) is 7.48. The molecule has 8 nitrogen and oxygen atoms in total. The van der Waals surface area contributed by atoms with E-state index in [2.05, 4.69) is 23.6 Å². The average Bonchev–Trinajstić information content (AvgIpc) is 3.16. The molecule has 0 bridgehead atoms. The summed E-state index contributed by atoms with van der Waals surface area (Å²) in [6, 6.07) is 15.0. The lowest BCUT2D eigenvalue weighted by atomic mass is 9.95. The fourth-order valence-electron chi connectivity index (χ4n) is 5.58. The summed E-state index contributed by atoms with van der Waals surface area (Å²) in [4.78, 5) is 41.9. The monoisotopic (exact) mass is 488 g/mol. The van der Waals surface area contributed by atoms with Gasteiger partial charge < -0.3 is 14.4 Å². The van der Waals surface area contributed by atoms with Gasteiger partial charge in [-0.15, -0.1) is 0 Å². The summed E-state index contributed by atoms with van der Waals surface area (Å²) in [5, 5.41) is 10.1. The smallest absolute Gasteiger partial charge is 0.274 e. The lowest BCUT2D eigenvalue weighted by Crippen LogP contribution is -2.60. The van der Waals surface area contributed by atoms with Crippen molar-refractivity contribution in [1.82, 2.24) is 19.8 Å². The van der Waals surface area contributed by atoms with Crippen LogP contribution in [0.3, 0.4) is 0 Å². The van der Waals surface area contributed by atoms with Gasteiger partial charge >= 0.3 is 0 Å². The van der Waals surface area contributed by atoms with Crippen molar-refractivity contribution in [3.63, 3.8) is 0 Å². The number of aromatic nitrogens is 1. The molecule has 0 aliphatic carbocycles. The van der Waals surface area contributed by atoms with Crippen LogP contribution >= 0.6 is 0 Å². The number of para-hydroxylation sites is 1. The minimum Gasteiger partial charge on any atom is -0.338 e. The first-order valence-corrected chi connectivity index (χ1v) is 12.7. The Bertz CT molecular complexity index is 1300. The normalized spacial score (nSPS) is 18.0. The molecule has 0 spiro atoms. The van der Waals surface area contributed by atoms with Crippen LogP contribution in [0.25, 0.3) is 10.9 Å². The number of nitrogens with one attached hydrogen (secondary N) is 1. The molecule has 1 fully saturated rings. The Kier molecular flexibility index (Phi) is 6.78. The van der Waals surface area contributed by atoms with Gasteiger partial charge in [0.15, 0.2) is 0 Å². The van der Waals surface area contributed by atoms with Crippen molar-refractivity contribution in [2.24, 2.45) is 0 Å². The largest absolute Gasteiger partial charge is 0.338 e. The van der Waals surface area contributed by atoms with Crippen molar-refractivity contribution < 1.29 is 19.6 Å². The van der Waals surface area contributed by atoms with Gasteiger partial charge in [0.1, 0.15) is 6.04 Å². The zero-order valence-electron chi connectivity index (χ0n) is 20.6. The molecule has 8 heteroatoms. The Labute approximate surface area is 210 Å². The lowest BCUT2D eigenvalue weighted by molar-refractivity contribution is -0.157. The molecule has 36 heavy (non-hydrogen) atoms. The quantitative estimate of drug-likeness (QED) is 0.410. The van der Waals surface area contributed by atoms with E-state index in [-0.39, 0.29) is 18.4 Å². The summed E-state index contributed by atoms with van der Waals surface area (Å²) in [5.41, 5.74) is 6.45. The van der Waals surface area contributed by atoms with E-state index in [0.29, 0.717) is 31.6 Å². The molecule has 2 N–H and O–H groups in total. The van der Waals surface area contributed by atoms with Crippen molar-refractivity contribution in [1.29, 1.82) is 0 Å². The van der Waals surface area contributed by atoms with Crippen LogP contribution in [0.15, 0.2) is 48.5 Å². The van der Waals surface area contributed by atoms with Gasteiger partial charge in [0.05, 0.1) is 13.1 Å². The van der Waals surface area contributed by atoms with Gasteiger partial charge in [-0.05, 0) is 55.0 Å². The van der Waals surface area contributed by atoms with E-state index < -0.39 is 11.9 Å². The van der Waals surface area contributed by atoms with Crippen LogP contribution < -0.4 is 5.48 Å². The van der Waals surface area contributed by atoms with Crippen LogP contribution in [0.1, 0.15) is 59.8 Å². The average molecular weight is 489 g/mol. The number of carbonyl (C=O) groups is 3. The Morgan fingerprint density at radius 2 is 1.86 bits per heavy atom. The van der Waals surface area contributed by atoms with Crippen molar-refractivity contribution in [3.05, 3.63) is 70.9 Å². The van der Waals surface area contributed by atoms with E-state index in [1.54, 1.807) is 27.4 Å². The Balaban J connectivity index is 1.51. The predicted molar refractivity (Wildman–Crippen MR) is 135 cm³/mol. The molecule has 2 aromatic carbocycles. The second-order valence-corrected chi connectivity index (χ2v) is 9.71. The first kappa shape index (κ1) is 24.1. The molecular formula is C28H32N4O4. The standard InChI is InChI=1S/C28H32N4O4/c1-2-3-15-30-18-26(33)32-17-25-22(8-6-10-24(32)28(30)35)21-7-4-5-9-23(21)31(25)16-19-11-13-20(14-12-19)27(34)29-36/h4-5,7,9,11-14,24,36H,2-3,6,8,10,15-18H2,1H3,(H,29,34). The number of piperazine rings is 1. The minimum absolute atomic E-state index is 0.0136. The predicted octanol–water partition coefficient (Wildman–Crippen LogP) is 3.48. The lowest BCUT2D eigenvalue weighted by Gasteiger charge is -2.41. The third-order valence-electron chi connectivity index (χ3n) is 7.48. The van der Waals surface area contributed by atoms with Crippen LogP contribution in [0.2, 0.25) is 0 Å². The molecule has 2 aliphatic rings. The van der Waals surface area contributed by atoms with Gasteiger partial charge in [0, 0.05) is 35.2 Å². The summed E-state index contributed by atoms with van der Waals surface area (Å²) in [7, 11) is 0. The van der Waals surface area contributed by atoms with Crippen LogP contribution in [-0.2, 0) is 29.1 Å². The number of unbranched alkanes of at least 4 members (excludes halogenated alkanes) is 1. The van der Waals surface area contributed by atoms with E-state index in [4.69, 9.17) is 5.21 Å². The molecule has 1 atom stereocenters. The van der Waals surface area contributed by atoms with Crippen LogP contribution in [0.5, 0.6) is 0 Å². The maximum Gasteiger partial charge on any atom is 0.274 e. The second kappa shape index (κ2) is 10.1. The van der Waals surface area contributed by atoms with Crippen molar-refractivity contribution in [3.8, 4) is 0 Å². The highest BCUT2D eigenvalue weighted by atomic mass is 16.5. The second-order valence-electron chi connectivity index (χ2n) is 9.71. The molecule has 1 aromatic heterocycles. The first-order valence-electron chi connectivity index (χ1n) is 12.7. The number of hydroxylamine groups is 1. The van der Waals surface area contributed by atoms with Gasteiger partial charge in [-0.25, -0.2) is 5.48 Å². The number of hydrogen-bond donors (Lipinski definition) is 2. The zero-order chi connectivity index (χ0) is 25.2. The topological polar surface area (TPSA) is 94.9 Å². The van der Waals surface area contributed by atoms with E-state index in [1.165, 1.54) is 10.9 Å². The number of nitrogens with zero attached hydrogens (tertiary/aromatic N) is 3. The molecule has 1 unspecified atom stereocenters. The first-order chi connectivity index (χ1) is 17.5. The molecule has 0 saturated carbocycles. The van der Waals surface area contributed by atoms with E-state index in [0.717, 1.165) is 42.5 Å². The van der Waals surface area contributed by atoms with E-state index in [9.17, 15) is 14.4 Å². The molecule has 5 rings (SSSR count). The summed E-state index contributed by atoms with van der Waals surface area (Å²) in [6.07, 6.45) is 4.28. The van der Waals surface area contributed by atoms with Gasteiger partial charge in [-0.2, -0.15) is 0 Å². The number of carbonyl (C=O) groups excluding carboxylic acids is 3. The maximum atomic E-state index is 13.3. The molecule has 0 radical (unpaired) electrons. The number of amides is 3. The van der Waals surface area contributed by atoms with Crippen molar-refractivity contribution in [2.45, 2.75) is 58.2 Å². The molecule has 188 valence electrons. The van der Waals surface area contributed by atoms with Gasteiger partial charge in [-0.3, -0.25) is 19.6 Å². The fraction of sp³-hybridized carbons (Fsp3) is 0.393. The highest BCUT2D eigenvalue weighted by Crippen LogP contribution is 2.33. The van der Waals surface area contributed by atoms with Crippen LogP contribution in [0, 0.1) is 0 Å². The summed E-state index contributed by atoms with van der Waals surface area (Å²) in [6.45, 7) is 3.86. The van der Waals surface area contributed by atoms with Gasteiger partial charge in [-0.1, -0.05) is 43.7 Å². The number of aryl methyl sites for hydroxylation is 1. The number of benzene rings is 2. The molecular weight excluding hydrogens is 456 g/mol. The number of hydrogen-bond acceptors (Lipinski definition) is 4. The summed E-state index contributed by atoms with van der Waals surface area (Å²) < 4.78 is 2.25. The molecule has 3 amide bonds. The third kappa shape index (κ3) is 4.37. The van der Waals surface area contributed by atoms with Gasteiger partial charge in [0.25, 0.3) is 5.91 Å². The fourth-order valence-corrected chi connectivity index (χ4v) is 5.58. The maximum absolute atomic E-state index is 13.3. The van der Waals surface area contributed by atoms with Crippen molar-refractivity contribution >= 4 is 28.6 Å². The minimum atomic E-state index is -0.551. The SMILES string of the molecule is CCCCN1CC(=O)N2Cc3c(c4ccccc4n3Cc3ccc(C(=O)NO)cc3)CCCC2C1=O. The van der Waals surface area contributed by atoms with E-state index >= 15 is 0 Å². The molecule has 3 heterocycles. The highest BCUT2D eigenvalue weighted by molar-refractivity contribution is 5.95. The highest BCUT2D eigenvalue weighted by Gasteiger charge is 2.40. The van der Waals surface area contributed by atoms with Gasteiger partial charge in [0.2, 0.25) is 11.8 Å². The Hall–Kier alpha value is -3.65. The van der Waals surface area contributed by atoms with Crippen LogP contribution in [0.4, 0.5) is 0 Å². The number of rotatable bonds is 6. The van der Waals surface area contributed by atoms with E-state index in [1.807, 2.05) is 24.3 Å². The number of fused-ring (bicyclic) bond motifs is 4. The molecule has 1 saturated heterocycles. The zero-order valence-corrected chi connectivity index (χ0v) is 20.6. The summed E-state index contributed by atoms with van der Waals surface area (Å²) in [5.74, 6) is -0.461. The van der Waals surface area contributed by atoms with Crippen molar-refractivity contribution in [2.75, 3.05) is 13.1 Å². The molecule has 3 aromatic rings. The molecule has 2 aliphatic heterocycles. The summed E-state index contributed by atoms with van der Waals surface area (Å²) >= 11 is 0. The Morgan fingerprint density at radius 1 is 1.08 bits per heavy atom.